The Morgan fingerprint density at radius 1 is 1.25 bits per heavy atom. The predicted octanol–water partition coefficient (Wildman–Crippen LogP) is 4.19. The molecule has 0 spiro atoms. The second-order valence-corrected chi connectivity index (χ2v) is 6.15. The van der Waals surface area contributed by atoms with E-state index >= 15 is 0 Å². The molecule has 108 valence electrons. The second kappa shape index (κ2) is 6.90. The van der Waals surface area contributed by atoms with Gasteiger partial charge in [-0.3, -0.25) is 4.90 Å². The number of hydrogen-bond acceptors (Lipinski definition) is 2. The summed E-state index contributed by atoms with van der Waals surface area (Å²) in [5, 5.41) is 9.47. The predicted molar refractivity (Wildman–Crippen MR) is 83.4 cm³/mol. The molecule has 3 atom stereocenters. The van der Waals surface area contributed by atoms with Crippen LogP contribution in [0.1, 0.15) is 51.5 Å². The molecule has 3 unspecified atom stereocenters. The zero-order valence-corrected chi connectivity index (χ0v) is 12.9. The quantitative estimate of drug-likeness (QED) is 0.820. The van der Waals surface area contributed by atoms with Crippen molar-refractivity contribution < 1.29 is 0 Å². The molecule has 1 fully saturated rings. The molecule has 1 aliphatic rings. The Labute approximate surface area is 123 Å². The van der Waals surface area contributed by atoms with Crippen LogP contribution in [-0.4, -0.2) is 23.5 Å². The van der Waals surface area contributed by atoms with Crippen LogP contribution in [0.25, 0.3) is 0 Å². The Balaban J connectivity index is 2.17. The number of nitrogens with zero attached hydrogens (tertiary/aromatic N) is 2. The van der Waals surface area contributed by atoms with Crippen molar-refractivity contribution in [3.8, 4) is 6.07 Å². The van der Waals surface area contributed by atoms with Crippen molar-refractivity contribution in [1.29, 1.82) is 5.26 Å². The molecule has 0 heterocycles. The van der Waals surface area contributed by atoms with Gasteiger partial charge in [0.05, 0.1) is 12.0 Å². The highest BCUT2D eigenvalue weighted by Crippen LogP contribution is 2.38. The van der Waals surface area contributed by atoms with Gasteiger partial charge < -0.3 is 0 Å². The first-order valence-corrected chi connectivity index (χ1v) is 7.87. The minimum absolute atomic E-state index is 0.192. The lowest BCUT2D eigenvalue weighted by atomic mass is 9.75. The van der Waals surface area contributed by atoms with Crippen molar-refractivity contribution in [2.45, 2.75) is 58.0 Å². The van der Waals surface area contributed by atoms with Crippen LogP contribution >= 0.6 is 0 Å². The fraction of sp³-hybridized carbons (Fsp3) is 0.611. The van der Waals surface area contributed by atoms with E-state index in [1.807, 2.05) is 0 Å². The second-order valence-electron chi connectivity index (χ2n) is 6.15. The lowest BCUT2D eigenvalue weighted by Crippen LogP contribution is -2.47. The van der Waals surface area contributed by atoms with Crippen molar-refractivity contribution in [2.24, 2.45) is 5.92 Å². The zero-order valence-electron chi connectivity index (χ0n) is 12.9. The van der Waals surface area contributed by atoms with Crippen LogP contribution in [0.15, 0.2) is 30.3 Å². The van der Waals surface area contributed by atoms with Gasteiger partial charge in [0.1, 0.15) is 0 Å². The SMILES string of the molecule is CCN(C(C)C)C1CC(c2ccccc2)CCC1C#N. The van der Waals surface area contributed by atoms with Gasteiger partial charge in [0, 0.05) is 12.1 Å². The summed E-state index contributed by atoms with van der Waals surface area (Å²) < 4.78 is 0. The van der Waals surface area contributed by atoms with Gasteiger partial charge in [-0.15, -0.1) is 0 Å². The maximum atomic E-state index is 9.47. The van der Waals surface area contributed by atoms with Crippen molar-refractivity contribution in [3.63, 3.8) is 0 Å². The fourth-order valence-electron chi connectivity index (χ4n) is 3.67. The molecular weight excluding hydrogens is 244 g/mol. The Hall–Kier alpha value is -1.33. The van der Waals surface area contributed by atoms with Gasteiger partial charge in [0.15, 0.2) is 0 Å². The van der Waals surface area contributed by atoms with Crippen LogP contribution in [0.2, 0.25) is 0 Å². The van der Waals surface area contributed by atoms with Crippen molar-refractivity contribution >= 4 is 0 Å². The van der Waals surface area contributed by atoms with E-state index in [4.69, 9.17) is 0 Å². The zero-order chi connectivity index (χ0) is 14.5. The van der Waals surface area contributed by atoms with E-state index in [1.54, 1.807) is 0 Å². The molecule has 0 aromatic heterocycles. The van der Waals surface area contributed by atoms with E-state index < -0.39 is 0 Å². The van der Waals surface area contributed by atoms with E-state index in [1.165, 1.54) is 5.56 Å². The third kappa shape index (κ3) is 3.22. The average molecular weight is 270 g/mol. The van der Waals surface area contributed by atoms with Gasteiger partial charge in [-0.1, -0.05) is 37.3 Å². The summed E-state index contributed by atoms with van der Waals surface area (Å²) >= 11 is 0. The fourth-order valence-corrected chi connectivity index (χ4v) is 3.67. The molecule has 2 nitrogen and oxygen atoms in total. The molecular formula is C18H26N2. The number of rotatable bonds is 4. The minimum Gasteiger partial charge on any atom is -0.297 e. The van der Waals surface area contributed by atoms with Gasteiger partial charge in [-0.25, -0.2) is 0 Å². The van der Waals surface area contributed by atoms with Crippen LogP contribution in [0.3, 0.4) is 0 Å². The van der Waals surface area contributed by atoms with E-state index in [2.05, 4.69) is 62.1 Å². The van der Waals surface area contributed by atoms with E-state index in [9.17, 15) is 5.26 Å². The molecule has 20 heavy (non-hydrogen) atoms. The Kier molecular flexibility index (Phi) is 5.20. The lowest BCUT2D eigenvalue weighted by molar-refractivity contribution is 0.0936. The third-order valence-electron chi connectivity index (χ3n) is 4.71. The highest BCUT2D eigenvalue weighted by atomic mass is 15.2. The molecule has 0 amide bonds. The Bertz CT molecular complexity index is 446. The first-order chi connectivity index (χ1) is 9.67. The standard InChI is InChI=1S/C18H26N2/c1-4-20(14(2)3)18-12-16(10-11-17(18)13-19)15-8-6-5-7-9-15/h5-9,14,16-18H,4,10-12H2,1-3H3. The molecule has 2 heteroatoms. The molecule has 0 bridgehead atoms. The van der Waals surface area contributed by atoms with Crippen molar-refractivity contribution in [2.75, 3.05) is 6.54 Å². The number of hydrogen-bond donors (Lipinski definition) is 0. The van der Waals surface area contributed by atoms with Crippen LogP contribution in [0.4, 0.5) is 0 Å². The van der Waals surface area contributed by atoms with E-state index in [0.717, 1.165) is 25.8 Å². The topological polar surface area (TPSA) is 27.0 Å². The van der Waals surface area contributed by atoms with Crippen LogP contribution in [0, 0.1) is 17.2 Å². The normalized spacial score (nSPS) is 26.7. The summed E-state index contributed by atoms with van der Waals surface area (Å²) in [6.45, 7) is 7.72. The summed E-state index contributed by atoms with van der Waals surface area (Å²) in [7, 11) is 0. The van der Waals surface area contributed by atoms with E-state index in [0.29, 0.717) is 18.0 Å². The maximum absolute atomic E-state index is 9.47. The van der Waals surface area contributed by atoms with Crippen LogP contribution in [-0.2, 0) is 0 Å². The first kappa shape index (κ1) is 15.1. The molecule has 1 aliphatic carbocycles. The molecule has 0 N–H and O–H groups in total. The largest absolute Gasteiger partial charge is 0.297 e. The van der Waals surface area contributed by atoms with Gasteiger partial charge >= 0.3 is 0 Å². The van der Waals surface area contributed by atoms with Gasteiger partial charge in [-0.2, -0.15) is 5.26 Å². The van der Waals surface area contributed by atoms with Gasteiger partial charge in [-0.05, 0) is 51.1 Å². The smallest absolute Gasteiger partial charge is 0.0672 e. The number of benzene rings is 1. The average Bonchev–Trinajstić information content (AvgIpc) is 2.48. The summed E-state index contributed by atoms with van der Waals surface area (Å²) in [6.07, 6.45) is 3.30. The lowest BCUT2D eigenvalue weighted by Gasteiger charge is -2.42. The van der Waals surface area contributed by atoms with Crippen molar-refractivity contribution in [3.05, 3.63) is 35.9 Å². The molecule has 0 aliphatic heterocycles. The monoisotopic (exact) mass is 270 g/mol. The third-order valence-corrected chi connectivity index (χ3v) is 4.71. The molecule has 0 radical (unpaired) electrons. The van der Waals surface area contributed by atoms with Crippen LogP contribution in [0.5, 0.6) is 0 Å². The highest BCUT2D eigenvalue weighted by molar-refractivity contribution is 5.21. The highest BCUT2D eigenvalue weighted by Gasteiger charge is 2.35. The summed E-state index contributed by atoms with van der Waals surface area (Å²) in [4.78, 5) is 2.50. The minimum atomic E-state index is 0.192. The maximum Gasteiger partial charge on any atom is 0.0672 e. The molecule has 1 aromatic rings. The Morgan fingerprint density at radius 2 is 1.95 bits per heavy atom. The number of nitriles is 1. The van der Waals surface area contributed by atoms with Gasteiger partial charge in [0.25, 0.3) is 0 Å². The van der Waals surface area contributed by atoms with Crippen LogP contribution < -0.4 is 0 Å². The summed E-state index contributed by atoms with van der Waals surface area (Å²) in [6, 6.07) is 14.3. The molecule has 1 aromatic carbocycles. The Morgan fingerprint density at radius 3 is 2.50 bits per heavy atom. The van der Waals surface area contributed by atoms with Crippen molar-refractivity contribution in [1.82, 2.24) is 4.90 Å². The summed E-state index contributed by atoms with van der Waals surface area (Å²) in [5.41, 5.74) is 1.44. The molecule has 2 rings (SSSR count). The summed E-state index contributed by atoms with van der Waals surface area (Å²) in [5.74, 6) is 0.802. The molecule has 1 saturated carbocycles. The first-order valence-electron chi connectivity index (χ1n) is 7.87. The van der Waals surface area contributed by atoms with E-state index in [-0.39, 0.29) is 5.92 Å². The molecule has 0 saturated heterocycles. The van der Waals surface area contributed by atoms with Gasteiger partial charge in [0.2, 0.25) is 0 Å².